The smallest absolute Gasteiger partial charge is 0.265 e. The first-order valence-corrected chi connectivity index (χ1v) is 9.03. The maximum Gasteiger partial charge on any atom is 0.265 e. The third-order valence-corrected chi connectivity index (χ3v) is 4.58. The highest BCUT2D eigenvalue weighted by Crippen LogP contribution is 2.35. The van der Waals surface area contributed by atoms with Crippen LogP contribution in [-0.2, 0) is 14.3 Å². The standard InChI is InChI=1S/C19H27N3O4/c1-19(2,3)18(24)20-14-4-5-16-15(12-14)22(17(23)13-26-16)7-6-21-8-10-25-11-9-21/h4-5,12H,6-11,13H2,1-3H3,(H,20,24). The predicted molar refractivity (Wildman–Crippen MR) is 99.6 cm³/mol. The third kappa shape index (κ3) is 4.34. The van der Waals surface area contributed by atoms with E-state index in [1.165, 1.54) is 0 Å². The number of fused-ring (bicyclic) bond motifs is 1. The molecule has 26 heavy (non-hydrogen) atoms. The van der Waals surface area contributed by atoms with E-state index in [0.29, 0.717) is 23.7 Å². The number of anilines is 2. The number of morpholine rings is 1. The summed E-state index contributed by atoms with van der Waals surface area (Å²) in [5.41, 5.74) is 0.887. The summed E-state index contributed by atoms with van der Waals surface area (Å²) in [5.74, 6) is 0.533. The first kappa shape index (κ1) is 18.7. The summed E-state index contributed by atoms with van der Waals surface area (Å²) < 4.78 is 10.9. The summed E-state index contributed by atoms with van der Waals surface area (Å²) >= 11 is 0. The van der Waals surface area contributed by atoms with Gasteiger partial charge < -0.3 is 19.7 Å². The molecule has 2 aliphatic rings. The van der Waals surface area contributed by atoms with Crippen molar-refractivity contribution in [1.82, 2.24) is 4.90 Å². The molecule has 2 aliphatic heterocycles. The second kappa shape index (κ2) is 7.63. The Hall–Kier alpha value is -2.12. The second-order valence-electron chi connectivity index (χ2n) is 7.67. The number of ether oxygens (including phenoxy) is 2. The molecule has 2 heterocycles. The van der Waals surface area contributed by atoms with Crippen molar-refractivity contribution in [1.29, 1.82) is 0 Å². The summed E-state index contributed by atoms with van der Waals surface area (Å²) in [7, 11) is 0. The van der Waals surface area contributed by atoms with Gasteiger partial charge >= 0.3 is 0 Å². The van der Waals surface area contributed by atoms with Crippen molar-refractivity contribution in [2.45, 2.75) is 20.8 Å². The Morgan fingerprint density at radius 2 is 1.92 bits per heavy atom. The number of nitrogens with one attached hydrogen (secondary N) is 1. The molecule has 0 aliphatic carbocycles. The molecular formula is C19H27N3O4. The highest BCUT2D eigenvalue weighted by molar-refractivity contribution is 6.00. The molecule has 1 N–H and O–H groups in total. The van der Waals surface area contributed by atoms with E-state index in [2.05, 4.69) is 10.2 Å². The zero-order valence-electron chi connectivity index (χ0n) is 15.7. The van der Waals surface area contributed by atoms with Crippen LogP contribution in [0.15, 0.2) is 18.2 Å². The molecule has 0 aromatic heterocycles. The van der Waals surface area contributed by atoms with Crippen LogP contribution in [0.3, 0.4) is 0 Å². The van der Waals surface area contributed by atoms with Crippen LogP contribution in [0.1, 0.15) is 20.8 Å². The molecule has 1 aromatic carbocycles. The molecule has 1 fully saturated rings. The van der Waals surface area contributed by atoms with E-state index in [1.807, 2.05) is 32.9 Å². The molecule has 0 unspecified atom stereocenters. The Labute approximate surface area is 154 Å². The molecule has 0 atom stereocenters. The second-order valence-corrected chi connectivity index (χ2v) is 7.67. The lowest BCUT2D eigenvalue weighted by atomic mass is 9.95. The Kier molecular flexibility index (Phi) is 5.48. The van der Waals surface area contributed by atoms with Crippen LogP contribution in [0.2, 0.25) is 0 Å². The number of hydrogen-bond donors (Lipinski definition) is 1. The highest BCUT2D eigenvalue weighted by Gasteiger charge is 2.27. The molecule has 7 heteroatoms. The zero-order chi connectivity index (χ0) is 18.7. The molecular weight excluding hydrogens is 334 g/mol. The minimum atomic E-state index is -0.488. The van der Waals surface area contributed by atoms with Gasteiger partial charge in [0.25, 0.3) is 5.91 Å². The van der Waals surface area contributed by atoms with Crippen LogP contribution < -0.4 is 15.0 Å². The van der Waals surface area contributed by atoms with Crippen molar-refractivity contribution < 1.29 is 19.1 Å². The van der Waals surface area contributed by atoms with E-state index in [0.717, 1.165) is 32.8 Å². The lowest BCUT2D eigenvalue weighted by molar-refractivity contribution is -0.123. The number of carbonyl (C=O) groups is 2. The summed E-state index contributed by atoms with van der Waals surface area (Å²) in [6.45, 7) is 10.2. The average Bonchev–Trinajstić information content (AvgIpc) is 2.61. The summed E-state index contributed by atoms with van der Waals surface area (Å²) in [6, 6.07) is 5.43. The van der Waals surface area contributed by atoms with Crippen molar-refractivity contribution >= 4 is 23.2 Å². The van der Waals surface area contributed by atoms with Gasteiger partial charge in [-0.05, 0) is 18.2 Å². The zero-order valence-corrected chi connectivity index (χ0v) is 15.7. The highest BCUT2D eigenvalue weighted by atomic mass is 16.5. The fourth-order valence-corrected chi connectivity index (χ4v) is 2.91. The van der Waals surface area contributed by atoms with Gasteiger partial charge in [-0.15, -0.1) is 0 Å². The van der Waals surface area contributed by atoms with Crippen molar-refractivity contribution in [3.8, 4) is 5.75 Å². The lowest BCUT2D eigenvalue weighted by Gasteiger charge is -2.33. The maximum atomic E-state index is 12.4. The first-order valence-electron chi connectivity index (χ1n) is 9.03. The SMILES string of the molecule is CC(C)(C)C(=O)Nc1ccc2c(c1)N(CCN1CCOCC1)C(=O)CO2. The van der Waals surface area contributed by atoms with E-state index < -0.39 is 5.41 Å². The van der Waals surface area contributed by atoms with Gasteiger partial charge in [0.2, 0.25) is 5.91 Å². The fraction of sp³-hybridized carbons (Fsp3) is 0.579. The normalized spacial score (nSPS) is 18.3. The van der Waals surface area contributed by atoms with Gasteiger partial charge in [-0.1, -0.05) is 20.8 Å². The van der Waals surface area contributed by atoms with Gasteiger partial charge in [0.05, 0.1) is 18.9 Å². The Bertz CT molecular complexity index is 678. The van der Waals surface area contributed by atoms with E-state index in [1.54, 1.807) is 11.0 Å². The number of nitrogens with zero attached hydrogens (tertiary/aromatic N) is 2. The molecule has 0 radical (unpaired) electrons. The summed E-state index contributed by atoms with van der Waals surface area (Å²) in [5, 5.41) is 2.91. The van der Waals surface area contributed by atoms with Gasteiger partial charge in [0, 0.05) is 37.3 Å². The number of carbonyl (C=O) groups excluding carboxylic acids is 2. The molecule has 0 saturated carbocycles. The van der Waals surface area contributed by atoms with Gasteiger partial charge in [-0.3, -0.25) is 14.5 Å². The Morgan fingerprint density at radius 1 is 1.19 bits per heavy atom. The molecule has 7 nitrogen and oxygen atoms in total. The van der Waals surface area contributed by atoms with Crippen LogP contribution >= 0.6 is 0 Å². The largest absolute Gasteiger partial charge is 0.482 e. The minimum Gasteiger partial charge on any atom is -0.482 e. The molecule has 1 saturated heterocycles. The van der Waals surface area contributed by atoms with Crippen molar-refractivity contribution in [2.75, 3.05) is 56.2 Å². The number of amides is 2. The van der Waals surface area contributed by atoms with Crippen molar-refractivity contribution in [2.24, 2.45) is 5.41 Å². The summed E-state index contributed by atoms with van der Waals surface area (Å²) in [4.78, 5) is 28.7. The van der Waals surface area contributed by atoms with E-state index in [9.17, 15) is 9.59 Å². The maximum absolute atomic E-state index is 12.4. The fourth-order valence-electron chi connectivity index (χ4n) is 2.91. The van der Waals surface area contributed by atoms with Crippen LogP contribution in [0.5, 0.6) is 5.75 Å². The van der Waals surface area contributed by atoms with Crippen LogP contribution in [0, 0.1) is 5.41 Å². The topological polar surface area (TPSA) is 71.1 Å². The molecule has 3 rings (SSSR count). The Balaban J connectivity index is 1.74. The number of benzene rings is 1. The van der Waals surface area contributed by atoms with E-state index in [-0.39, 0.29) is 18.4 Å². The first-order chi connectivity index (χ1) is 12.3. The number of hydrogen-bond acceptors (Lipinski definition) is 5. The van der Waals surface area contributed by atoms with Gasteiger partial charge in [0.1, 0.15) is 5.75 Å². The van der Waals surface area contributed by atoms with Crippen LogP contribution in [0.4, 0.5) is 11.4 Å². The number of rotatable bonds is 4. The van der Waals surface area contributed by atoms with Crippen LogP contribution in [0.25, 0.3) is 0 Å². The predicted octanol–water partition coefficient (Wildman–Crippen LogP) is 1.73. The minimum absolute atomic E-state index is 0.0454. The van der Waals surface area contributed by atoms with E-state index >= 15 is 0 Å². The van der Waals surface area contributed by atoms with Gasteiger partial charge in [-0.25, -0.2) is 0 Å². The molecule has 1 aromatic rings. The Morgan fingerprint density at radius 3 is 2.62 bits per heavy atom. The van der Waals surface area contributed by atoms with Gasteiger partial charge in [-0.2, -0.15) is 0 Å². The summed E-state index contributed by atoms with van der Waals surface area (Å²) in [6.07, 6.45) is 0. The third-order valence-electron chi connectivity index (χ3n) is 4.58. The lowest BCUT2D eigenvalue weighted by Crippen LogP contribution is -2.46. The van der Waals surface area contributed by atoms with Crippen molar-refractivity contribution in [3.05, 3.63) is 18.2 Å². The van der Waals surface area contributed by atoms with Crippen LogP contribution in [-0.4, -0.2) is 62.7 Å². The molecule has 142 valence electrons. The van der Waals surface area contributed by atoms with Gasteiger partial charge in [0.15, 0.2) is 6.61 Å². The van der Waals surface area contributed by atoms with Crippen molar-refractivity contribution in [3.63, 3.8) is 0 Å². The quantitative estimate of drug-likeness (QED) is 0.884. The monoisotopic (exact) mass is 361 g/mol. The molecule has 0 bridgehead atoms. The molecule has 2 amide bonds. The average molecular weight is 361 g/mol. The molecule has 0 spiro atoms. The van der Waals surface area contributed by atoms with E-state index in [4.69, 9.17) is 9.47 Å².